The molecule has 2 N–H and O–H groups in total. The van der Waals surface area contributed by atoms with Gasteiger partial charge in [0.1, 0.15) is 0 Å². The van der Waals surface area contributed by atoms with E-state index in [4.69, 9.17) is 5.73 Å². The fourth-order valence-electron chi connectivity index (χ4n) is 1.15. The zero-order chi connectivity index (χ0) is 13.2. The van der Waals surface area contributed by atoms with Crippen molar-refractivity contribution in [1.82, 2.24) is 20.3 Å². The van der Waals surface area contributed by atoms with Crippen molar-refractivity contribution in [1.29, 1.82) is 0 Å². The first kappa shape index (κ1) is 12.0. The van der Waals surface area contributed by atoms with Gasteiger partial charge in [0, 0.05) is 0 Å². The fourth-order valence-corrected chi connectivity index (χ4v) is 1.15. The largest absolute Gasteiger partial charge is 0.416 e. The molecule has 0 unspecified atom stereocenters. The summed E-state index contributed by atoms with van der Waals surface area (Å²) in [6, 6.07) is 4.49. The smallest absolute Gasteiger partial charge is 0.365 e. The van der Waals surface area contributed by atoms with Crippen LogP contribution in [-0.2, 0) is 6.18 Å². The lowest BCUT2D eigenvalue weighted by Gasteiger charge is -2.05. The summed E-state index contributed by atoms with van der Waals surface area (Å²) in [5.74, 6) is -0.0156. The van der Waals surface area contributed by atoms with Crippen LogP contribution in [0.25, 0.3) is 0 Å². The third-order valence-corrected chi connectivity index (χ3v) is 2.03. The molecule has 0 aliphatic heterocycles. The summed E-state index contributed by atoms with van der Waals surface area (Å²) >= 11 is 0. The van der Waals surface area contributed by atoms with Crippen molar-refractivity contribution in [3.63, 3.8) is 0 Å². The summed E-state index contributed by atoms with van der Waals surface area (Å²) in [5, 5.41) is 13.9. The summed E-state index contributed by atoms with van der Waals surface area (Å²) in [4.78, 5) is 0.956. The Morgan fingerprint density at radius 1 is 1.22 bits per heavy atom. The van der Waals surface area contributed by atoms with E-state index >= 15 is 0 Å². The Kier molecular flexibility index (Phi) is 2.96. The number of halogens is 3. The van der Waals surface area contributed by atoms with Crippen LogP contribution in [0.15, 0.2) is 29.4 Å². The highest BCUT2D eigenvalue weighted by Gasteiger charge is 2.29. The maximum absolute atomic E-state index is 12.3. The summed E-state index contributed by atoms with van der Waals surface area (Å²) in [7, 11) is 0. The quantitative estimate of drug-likeness (QED) is 0.817. The molecular formula is C9H7F3N6. The van der Waals surface area contributed by atoms with Crippen LogP contribution in [-0.4, -0.2) is 26.5 Å². The van der Waals surface area contributed by atoms with Crippen molar-refractivity contribution in [3.8, 4) is 0 Å². The minimum atomic E-state index is -4.35. The molecule has 0 atom stereocenters. The molecule has 6 nitrogen and oxygen atoms in total. The molecule has 2 aromatic rings. The van der Waals surface area contributed by atoms with E-state index in [0.29, 0.717) is 5.56 Å². The number of nitrogens with two attached hydrogens (primary N) is 1. The fraction of sp³-hybridized carbons (Fsp3) is 0.111. The van der Waals surface area contributed by atoms with E-state index in [2.05, 4.69) is 20.6 Å². The first-order chi connectivity index (χ1) is 8.47. The Morgan fingerprint density at radius 3 is 2.39 bits per heavy atom. The number of nitrogen functional groups attached to an aromatic ring is 1. The number of nitrogens with zero attached hydrogens (tertiary/aromatic N) is 5. The molecule has 0 saturated carbocycles. The molecule has 1 aromatic carbocycles. The molecule has 0 bridgehead atoms. The van der Waals surface area contributed by atoms with Gasteiger partial charge in [-0.25, -0.2) is 0 Å². The molecule has 0 saturated heterocycles. The van der Waals surface area contributed by atoms with Gasteiger partial charge in [0.15, 0.2) is 0 Å². The first-order valence-electron chi connectivity index (χ1n) is 4.72. The Balaban J connectivity index is 2.16. The van der Waals surface area contributed by atoms with Crippen LogP contribution >= 0.6 is 0 Å². The summed E-state index contributed by atoms with van der Waals surface area (Å²) in [6.07, 6.45) is -3.05. The summed E-state index contributed by atoms with van der Waals surface area (Å²) < 4.78 is 36.9. The molecule has 2 rings (SSSR count). The number of aromatic nitrogens is 4. The van der Waals surface area contributed by atoms with E-state index in [-0.39, 0.29) is 5.95 Å². The van der Waals surface area contributed by atoms with Gasteiger partial charge in [0.2, 0.25) is 0 Å². The van der Waals surface area contributed by atoms with Gasteiger partial charge in [-0.2, -0.15) is 18.3 Å². The average Bonchev–Trinajstić information content (AvgIpc) is 2.72. The van der Waals surface area contributed by atoms with Gasteiger partial charge in [-0.15, -0.1) is 0 Å². The van der Waals surface area contributed by atoms with E-state index in [1.165, 1.54) is 18.3 Å². The van der Waals surface area contributed by atoms with Gasteiger partial charge in [-0.3, -0.25) is 0 Å². The second-order valence-electron chi connectivity index (χ2n) is 3.29. The van der Waals surface area contributed by atoms with Gasteiger partial charge < -0.3 is 5.73 Å². The lowest BCUT2D eigenvalue weighted by Crippen LogP contribution is -2.04. The predicted octanol–water partition coefficient (Wildman–Crippen LogP) is 1.16. The highest BCUT2D eigenvalue weighted by molar-refractivity contribution is 5.79. The normalized spacial score (nSPS) is 12.2. The van der Waals surface area contributed by atoms with Gasteiger partial charge in [-0.05, 0) is 28.1 Å². The van der Waals surface area contributed by atoms with Crippen LogP contribution in [0.5, 0.6) is 0 Å². The van der Waals surface area contributed by atoms with Gasteiger partial charge in [-0.1, -0.05) is 22.0 Å². The topological polar surface area (TPSA) is 82.0 Å². The lowest BCUT2D eigenvalue weighted by molar-refractivity contribution is -0.137. The van der Waals surface area contributed by atoms with Gasteiger partial charge >= 0.3 is 6.18 Å². The van der Waals surface area contributed by atoms with E-state index in [0.717, 1.165) is 16.9 Å². The number of benzene rings is 1. The molecule has 0 fully saturated rings. The molecule has 94 valence electrons. The van der Waals surface area contributed by atoms with Crippen molar-refractivity contribution >= 4 is 12.2 Å². The minimum absolute atomic E-state index is 0.0156. The average molecular weight is 256 g/mol. The number of rotatable bonds is 2. The number of tetrazole rings is 1. The molecular weight excluding hydrogens is 249 g/mol. The molecule has 1 aromatic heterocycles. The number of alkyl halides is 3. The number of anilines is 1. The minimum Gasteiger partial charge on any atom is -0.365 e. The molecule has 0 amide bonds. The van der Waals surface area contributed by atoms with Crippen LogP contribution in [0.3, 0.4) is 0 Å². The lowest BCUT2D eigenvalue weighted by atomic mass is 10.1. The molecule has 0 aliphatic rings. The second-order valence-corrected chi connectivity index (χ2v) is 3.29. The van der Waals surface area contributed by atoms with Crippen LogP contribution in [0, 0.1) is 0 Å². The zero-order valence-corrected chi connectivity index (χ0v) is 8.83. The number of hydrogen-bond donors (Lipinski definition) is 1. The Labute approximate surface area is 98.9 Å². The standard InChI is InChI=1S/C9H7F3N6/c10-9(11,12)7-3-1-6(2-4-7)5-14-18-8(13)15-16-17-18/h1-5H,(H2,13,15,17). The third kappa shape index (κ3) is 2.62. The van der Waals surface area contributed by atoms with Crippen LogP contribution < -0.4 is 5.73 Å². The van der Waals surface area contributed by atoms with Crippen LogP contribution in [0.4, 0.5) is 19.1 Å². The van der Waals surface area contributed by atoms with E-state index in [1.54, 1.807) is 0 Å². The molecule has 18 heavy (non-hydrogen) atoms. The van der Waals surface area contributed by atoms with E-state index in [1.807, 2.05) is 0 Å². The molecule has 1 heterocycles. The van der Waals surface area contributed by atoms with Gasteiger partial charge in [0.05, 0.1) is 11.8 Å². The molecule has 0 aliphatic carbocycles. The Bertz CT molecular complexity index is 556. The summed E-state index contributed by atoms with van der Waals surface area (Å²) in [6.45, 7) is 0. The maximum Gasteiger partial charge on any atom is 0.416 e. The van der Waals surface area contributed by atoms with Crippen LogP contribution in [0.2, 0.25) is 0 Å². The van der Waals surface area contributed by atoms with Crippen molar-refractivity contribution in [2.75, 3.05) is 5.73 Å². The molecule has 9 heteroatoms. The highest BCUT2D eigenvalue weighted by Crippen LogP contribution is 2.28. The SMILES string of the molecule is Nc1nnnn1N=Cc1ccc(C(F)(F)F)cc1. The zero-order valence-electron chi connectivity index (χ0n) is 8.83. The highest BCUT2D eigenvalue weighted by atomic mass is 19.4. The third-order valence-electron chi connectivity index (χ3n) is 2.03. The number of hydrogen-bond acceptors (Lipinski definition) is 5. The summed E-state index contributed by atoms with van der Waals surface area (Å²) in [5.41, 5.74) is 5.10. The van der Waals surface area contributed by atoms with Crippen molar-refractivity contribution in [2.24, 2.45) is 5.10 Å². The van der Waals surface area contributed by atoms with Crippen molar-refractivity contribution in [3.05, 3.63) is 35.4 Å². The predicted molar refractivity (Wildman–Crippen MR) is 56.7 cm³/mol. The Hall–Kier alpha value is -2.45. The van der Waals surface area contributed by atoms with E-state index < -0.39 is 11.7 Å². The molecule has 0 spiro atoms. The van der Waals surface area contributed by atoms with Crippen molar-refractivity contribution < 1.29 is 13.2 Å². The first-order valence-corrected chi connectivity index (χ1v) is 4.72. The van der Waals surface area contributed by atoms with E-state index in [9.17, 15) is 13.2 Å². The monoisotopic (exact) mass is 256 g/mol. The molecule has 0 radical (unpaired) electrons. The van der Waals surface area contributed by atoms with Crippen molar-refractivity contribution in [2.45, 2.75) is 6.18 Å². The van der Waals surface area contributed by atoms with Crippen LogP contribution in [0.1, 0.15) is 11.1 Å². The van der Waals surface area contributed by atoms with Gasteiger partial charge in [0.25, 0.3) is 5.95 Å². The second kappa shape index (κ2) is 4.43. The Morgan fingerprint density at radius 2 is 1.89 bits per heavy atom. The maximum atomic E-state index is 12.3.